The summed E-state index contributed by atoms with van der Waals surface area (Å²) in [5, 5.41) is 12.2. The first kappa shape index (κ1) is 20.8. The van der Waals surface area contributed by atoms with Gasteiger partial charge in [0.25, 0.3) is 10.0 Å². The quantitative estimate of drug-likeness (QED) is 0.476. The van der Waals surface area contributed by atoms with Crippen LogP contribution in [-0.2, 0) is 14.8 Å². The van der Waals surface area contributed by atoms with Crippen molar-refractivity contribution in [3.8, 4) is 0 Å². The summed E-state index contributed by atoms with van der Waals surface area (Å²) in [5.41, 5.74) is 0.149. The molecular formula is C20H16FN5O3S2. The summed E-state index contributed by atoms with van der Waals surface area (Å²) in [4.78, 5) is 16.7. The first-order chi connectivity index (χ1) is 14.8. The van der Waals surface area contributed by atoms with Gasteiger partial charge in [-0.2, -0.15) is 0 Å². The van der Waals surface area contributed by atoms with Gasteiger partial charge >= 0.3 is 0 Å². The zero-order valence-electron chi connectivity index (χ0n) is 16.2. The maximum Gasteiger partial charge on any atom is 0.265 e. The molecule has 0 bridgehead atoms. The van der Waals surface area contributed by atoms with Gasteiger partial charge in [0.05, 0.1) is 10.6 Å². The average Bonchev–Trinajstić information content (AvgIpc) is 3.16. The molecule has 1 amide bonds. The second kappa shape index (κ2) is 8.36. The Hall–Kier alpha value is -3.44. The SMILES string of the molecule is Cc1nnc(NC(=O)CN(c2ccc(F)cc2)S(=O)(=O)c2cccc3cnccc23)s1. The molecule has 0 aliphatic heterocycles. The predicted molar refractivity (Wildman–Crippen MR) is 116 cm³/mol. The summed E-state index contributed by atoms with van der Waals surface area (Å²) < 4.78 is 41.7. The Morgan fingerprint density at radius 1 is 1.13 bits per heavy atom. The fourth-order valence-corrected chi connectivity index (χ4v) is 5.24. The molecule has 0 fully saturated rings. The number of aromatic nitrogens is 3. The second-order valence-corrected chi connectivity index (χ2v) is 9.53. The molecular weight excluding hydrogens is 441 g/mol. The fraction of sp³-hybridized carbons (Fsp3) is 0.100. The third kappa shape index (κ3) is 4.37. The Morgan fingerprint density at radius 3 is 2.61 bits per heavy atom. The number of benzene rings is 2. The molecule has 2 aromatic heterocycles. The molecule has 0 saturated carbocycles. The van der Waals surface area contributed by atoms with Crippen LogP contribution in [0.5, 0.6) is 0 Å². The number of hydrogen-bond acceptors (Lipinski definition) is 7. The Bertz CT molecular complexity index is 1350. The molecule has 0 radical (unpaired) electrons. The minimum atomic E-state index is -4.19. The lowest BCUT2D eigenvalue weighted by atomic mass is 10.2. The highest BCUT2D eigenvalue weighted by molar-refractivity contribution is 7.93. The van der Waals surface area contributed by atoms with E-state index in [0.29, 0.717) is 15.8 Å². The lowest BCUT2D eigenvalue weighted by molar-refractivity contribution is -0.114. The van der Waals surface area contributed by atoms with Gasteiger partial charge in [-0.05, 0) is 43.3 Å². The van der Waals surface area contributed by atoms with Crippen molar-refractivity contribution < 1.29 is 17.6 Å². The number of anilines is 2. The van der Waals surface area contributed by atoms with Gasteiger partial charge in [-0.3, -0.25) is 19.4 Å². The summed E-state index contributed by atoms with van der Waals surface area (Å²) in [7, 11) is -4.19. The van der Waals surface area contributed by atoms with Crippen LogP contribution in [0.25, 0.3) is 10.8 Å². The third-order valence-electron chi connectivity index (χ3n) is 4.38. The third-order valence-corrected chi connectivity index (χ3v) is 6.97. The summed E-state index contributed by atoms with van der Waals surface area (Å²) in [5.74, 6) is -1.13. The predicted octanol–water partition coefficient (Wildman–Crippen LogP) is 3.37. The van der Waals surface area contributed by atoms with Crippen molar-refractivity contribution in [2.75, 3.05) is 16.2 Å². The lowest BCUT2D eigenvalue weighted by Gasteiger charge is -2.24. The molecule has 1 N–H and O–H groups in total. The largest absolute Gasteiger partial charge is 0.299 e. The Labute approximate surface area is 181 Å². The van der Waals surface area contributed by atoms with Crippen molar-refractivity contribution in [1.82, 2.24) is 15.2 Å². The molecule has 158 valence electrons. The van der Waals surface area contributed by atoms with Crippen LogP contribution in [0.15, 0.2) is 65.8 Å². The van der Waals surface area contributed by atoms with Crippen molar-refractivity contribution in [3.63, 3.8) is 0 Å². The maximum atomic E-state index is 13.6. The number of amides is 1. The van der Waals surface area contributed by atoms with Crippen molar-refractivity contribution in [3.05, 3.63) is 71.7 Å². The topological polar surface area (TPSA) is 105 Å². The van der Waals surface area contributed by atoms with E-state index in [9.17, 15) is 17.6 Å². The summed E-state index contributed by atoms with van der Waals surface area (Å²) in [6.07, 6.45) is 3.05. The van der Waals surface area contributed by atoms with Gasteiger partial charge in [-0.1, -0.05) is 23.5 Å². The van der Waals surface area contributed by atoms with Crippen molar-refractivity contribution in [2.45, 2.75) is 11.8 Å². The van der Waals surface area contributed by atoms with Crippen molar-refractivity contribution in [2.24, 2.45) is 0 Å². The smallest absolute Gasteiger partial charge is 0.265 e. The molecule has 4 rings (SSSR count). The minimum Gasteiger partial charge on any atom is -0.299 e. The molecule has 0 saturated heterocycles. The number of carbonyl (C=O) groups excluding carboxylic acids is 1. The van der Waals surface area contributed by atoms with E-state index in [-0.39, 0.29) is 15.7 Å². The maximum absolute atomic E-state index is 13.6. The van der Waals surface area contributed by atoms with Gasteiger partial charge in [-0.25, -0.2) is 12.8 Å². The van der Waals surface area contributed by atoms with Crippen LogP contribution in [0.1, 0.15) is 5.01 Å². The molecule has 31 heavy (non-hydrogen) atoms. The van der Waals surface area contributed by atoms with Crippen LogP contribution < -0.4 is 9.62 Å². The van der Waals surface area contributed by atoms with Gasteiger partial charge in [0.2, 0.25) is 11.0 Å². The first-order valence-electron chi connectivity index (χ1n) is 9.05. The fourth-order valence-electron chi connectivity index (χ4n) is 3.00. The number of nitrogens with one attached hydrogen (secondary N) is 1. The molecule has 8 nitrogen and oxygen atoms in total. The van der Waals surface area contributed by atoms with Gasteiger partial charge in [0, 0.05) is 23.2 Å². The molecule has 0 atom stereocenters. The molecule has 4 aromatic rings. The van der Waals surface area contributed by atoms with Crippen LogP contribution in [0.2, 0.25) is 0 Å². The summed E-state index contributed by atoms with van der Waals surface area (Å²) >= 11 is 1.17. The second-order valence-electron chi connectivity index (χ2n) is 6.52. The normalized spacial score (nSPS) is 11.4. The van der Waals surface area contributed by atoms with E-state index in [2.05, 4.69) is 20.5 Å². The first-order valence-corrected chi connectivity index (χ1v) is 11.3. The monoisotopic (exact) mass is 457 g/mol. The Kier molecular flexibility index (Phi) is 5.61. The highest BCUT2D eigenvalue weighted by atomic mass is 32.2. The van der Waals surface area contributed by atoms with E-state index in [0.717, 1.165) is 16.4 Å². The zero-order valence-corrected chi connectivity index (χ0v) is 17.8. The van der Waals surface area contributed by atoms with Gasteiger partial charge in [0.15, 0.2) is 0 Å². The van der Waals surface area contributed by atoms with Gasteiger partial charge in [-0.15, -0.1) is 10.2 Å². The molecule has 2 aromatic carbocycles. The van der Waals surface area contributed by atoms with Gasteiger partial charge < -0.3 is 0 Å². The number of halogens is 1. The molecule has 0 spiro atoms. The van der Waals surface area contributed by atoms with Crippen LogP contribution >= 0.6 is 11.3 Å². The Morgan fingerprint density at radius 2 is 1.90 bits per heavy atom. The Balaban J connectivity index is 1.76. The number of sulfonamides is 1. The van der Waals surface area contributed by atoms with Crippen LogP contribution in [0, 0.1) is 12.7 Å². The van der Waals surface area contributed by atoms with E-state index in [4.69, 9.17) is 0 Å². The van der Waals surface area contributed by atoms with Gasteiger partial charge in [0.1, 0.15) is 17.4 Å². The van der Waals surface area contributed by atoms with E-state index in [1.165, 1.54) is 35.7 Å². The van der Waals surface area contributed by atoms with E-state index in [1.807, 2.05) is 0 Å². The standard InChI is InChI=1S/C20H16FN5O3S2/c1-13-24-25-20(30-13)23-19(27)12-26(16-7-5-15(21)6-8-16)31(28,29)18-4-2-3-14-11-22-10-9-17(14)18/h2-11H,12H2,1H3,(H,23,25,27). The van der Waals surface area contributed by atoms with E-state index < -0.39 is 28.3 Å². The average molecular weight is 458 g/mol. The van der Waals surface area contributed by atoms with Crippen molar-refractivity contribution in [1.29, 1.82) is 0 Å². The molecule has 0 unspecified atom stereocenters. The number of aryl methyl sites for hydroxylation is 1. The molecule has 0 aliphatic carbocycles. The summed E-state index contributed by atoms with van der Waals surface area (Å²) in [6, 6.07) is 11.3. The highest BCUT2D eigenvalue weighted by Gasteiger charge is 2.29. The van der Waals surface area contributed by atoms with Crippen molar-refractivity contribution >= 4 is 48.9 Å². The molecule has 0 aliphatic rings. The number of pyridine rings is 1. The number of fused-ring (bicyclic) bond motifs is 1. The van der Waals surface area contributed by atoms with E-state index >= 15 is 0 Å². The number of hydrogen-bond donors (Lipinski definition) is 1. The summed E-state index contributed by atoms with van der Waals surface area (Å²) in [6.45, 7) is 1.20. The molecule has 11 heteroatoms. The number of nitrogens with zero attached hydrogens (tertiary/aromatic N) is 4. The van der Waals surface area contributed by atoms with E-state index in [1.54, 1.807) is 31.3 Å². The van der Waals surface area contributed by atoms with Crippen LogP contribution in [0.3, 0.4) is 0 Å². The van der Waals surface area contributed by atoms with Crippen LogP contribution in [0.4, 0.5) is 15.2 Å². The lowest BCUT2D eigenvalue weighted by Crippen LogP contribution is -2.38. The number of rotatable bonds is 6. The highest BCUT2D eigenvalue weighted by Crippen LogP contribution is 2.29. The zero-order chi connectivity index (χ0) is 22.0. The van der Waals surface area contributed by atoms with Crippen LogP contribution in [-0.4, -0.2) is 36.1 Å². The minimum absolute atomic E-state index is 0.0104. The number of carbonyl (C=O) groups is 1. The molecule has 2 heterocycles.